The minimum Gasteiger partial charge on any atom is -0.484 e. The molecule has 6 nitrogen and oxygen atoms in total. The number of amides is 1. The average molecular weight is 345 g/mol. The molecule has 0 atom stereocenters. The number of hydrogen-bond acceptors (Lipinski definition) is 4. The van der Waals surface area contributed by atoms with E-state index in [0.29, 0.717) is 16.5 Å². The zero-order valence-electron chi connectivity index (χ0n) is 13.6. The summed E-state index contributed by atoms with van der Waals surface area (Å²) in [5.41, 5.74) is 3.99. The zero-order valence-corrected chi connectivity index (χ0v) is 14.4. The van der Waals surface area contributed by atoms with Gasteiger partial charge >= 0.3 is 0 Å². The van der Waals surface area contributed by atoms with Gasteiger partial charge in [-0.1, -0.05) is 11.6 Å². The predicted molar refractivity (Wildman–Crippen MR) is 93.6 cm³/mol. The molecular weight excluding hydrogens is 328 g/mol. The number of rotatable bonds is 4. The van der Waals surface area contributed by atoms with E-state index < -0.39 is 0 Å². The van der Waals surface area contributed by atoms with Crippen molar-refractivity contribution in [1.29, 1.82) is 0 Å². The fourth-order valence-electron chi connectivity index (χ4n) is 2.44. The SMILES string of the molecule is Cc1cc(OCC(=O)Nc2ccc3nn(C)nc3c2)cc(C)c1Cl. The van der Waals surface area contributed by atoms with Gasteiger partial charge in [0, 0.05) is 17.8 Å². The summed E-state index contributed by atoms with van der Waals surface area (Å²) in [6.45, 7) is 3.72. The number of nitrogens with zero attached hydrogens (tertiary/aromatic N) is 3. The summed E-state index contributed by atoms with van der Waals surface area (Å²) in [4.78, 5) is 13.6. The van der Waals surface area contributed by atoms with Crippen molar-refractivity contribution in [2.24, 2.45) is 7.05 Å². The summed E-state index contributed by atoms with van der Waals surface area (Å²) in [6, 6.07) is 9.00. The van der Waals surface area contributed by atoms with Crippen molar-refractivity contribution in [3.63, 3.8) is 0 Å². The van der Waals surface area contributed by atoms with Crippen LogP contribution in [-0.4, -0.2) is 27.5 Å². The number of aromatic nitrogens is 3. The lowest BCUT2D eigenvalue weighted by atomic mass is 10.1. The van der Waals surface area contributed by atoms with E-state index in [2.05, 4.69) is 15.5 Å². The first-order valence-corrected chi connectivity index (χ1v) is 7.80. The Kier molecular flexibility index (Phi) is 4.40. The van der Waals surface area contributed by atoms with Gasteiger partial charge in [0.15, 0.2) is 6.61 Å². The topological polar surface area (TPSA) is 69.0 Å². The fourth-order valence-corrected chi connectivity index (χ4v) is 2.54. The monoisotopic (exact) mass is 344 g/mol. The van der Waals surface area contributed by atoms with Gasteiger partial charge in [0.25, 0.3) is 5.91 Å². The Hall–Kier alpha value is -2.60. The maximum absolute atomic E-state index is 12.1. The molecule has 3 rings (SSSR count). The smallest absolute Gasteiger partial charge is 0.262 e. The lowest BCUT2D eigenvalue weighted by Gasteiger charge is -2.10. The van der Waals surface area contributed by atoms with Crippen molar-refractivity contribution in [2.75, 3.05) is 11.9 Å². The number of aryl methyl sites for hydroxylation is 3. The highest BCUT2D eigenvalue weighted by atomic mass is 35.5. The highest BCUT2D eigenvalue weighted by Crippen LogP contribution is 2.25. The summed E-state index contributed by atoms with van der Waals surface area (Å²) in [5, 5.41) is 11.9. The molecule has 0 fully saturated rings. The van der Waals surface area contributed by atoms with Crippen LogP contribution in [0.15, 0.2) is 30.3 Å². The van der Waals surface area contributed by atoms with Crippen LogP contribution in [0.25, 0.3) is 11.0 Å². The normalized spacial score (nSPS) is 10.8. The van der Waals surface area contributed by atoms with Crippen molar-refractivity contribution >= 4 is 34.2 Å². The number of anilines is 1. The van der Waals surface area contributed by atoms with Crippen molar-refractivity contribution < 1.29 is 9.53 Å². The molecule has 24 heavy (non-hydrogen) atoms. The maximum Gasteiger partial charge on any atom is 0.262 e. The Bertz CT molecular complexity index is 897. The Morgan fingerprint density at radius 2 is 1.83 bits per heavy atom. The third kappa shape index (κ3) is 3.49. The minimum absolute atomic E-state index is 0.0843. The highest BCUT2D eigenvalue weighted by Gasteiger charge is 2.08. The van der Waals surface area contributed by atoms with Crippen LogP contribution in [0.5, 0.6) is 5.75 Å². The van der Waals surface area contributed by atoms with E-state index in [-0.39, 0.29) is 12.5 Å². The summed E-state index contributed by atoms with van der Waals surface area (Å²) in [6.07, 6.45) is 0. The van der Waals surface area contributed by atoms with Crippen LogP contribution in [0.1, 0.15) is 11.1 Å². The summed E-state index contributed by atoms with van der Waals surface area (Å²) in [7, 11) is 1.75. The van der Waals surface area contributed by atoms with Crippen LogP contribution >= 0.6 is 11.6 Å². The molecule has 1 aromatic heterocycles. The molecule has 0 radical (unpaired) electrons. The molecular formula is C17H17ClN4O2. The van der Waals surface area contributed by atoms with Gasteiger partial charge in [0.2, 0.25) is 0 Å². The molecule has 0 unspecified atom stereocenters. The van der Waals surface area contributed by atoms with E-state index in [1.807, 2.05) is 32.0 Å². The highest BCUT2D eigenvalue weighted by molar-refractivity contribution is 6.32. The number of carbonyl (C=O) groups excluding carboxylic acids is 1. The summed E-state index contributed by atoms with van der Waals surface area (Å²) >= 11 is 6.12. The molecule has 1 heterocycles. The van der Waals surface area contributed by atoms with Gasteiger partial charge in [0.05, 0.1) is 0 Å². The Morgan fingerprint density at radius 3 is 2.54 bits per heavy atom. The van der Waals surface area contributed by atoms with Gasteiger partial charge in [-0.2, -0.15) is 15.0 Å². The largest absolute Gasteiger partial charge is 0.484 e. The summed E-state index contributed by atoms with van der Waals surface area (Å²) in [5.74, 6) is 0.373. The molecule has 2 aromatic carbocycles. The number of fused-ring (bicyclic) bond motifs is 1. The molecule has 0 saturated carbocycles. The Morgan fingerprint density at radius 1 is 1.17 bits per heavy atom. The van der Waals surface area contributed by atoms with Gasteiger partial charge < -0.3 is 10.1 Å². The maximum atomic E-state index is 12.1. The molecule has 0 aliphatic heterocycles. The molecule has 1 amide bonds. The van der Waals surface area contributed by atoms with E-state index in [9.17, 15) is 4.79 Å². The van der Waals surface area contributed by atoms with Crippen LogP contribution in [0.3, 0.4) is 0 Å². The van der Waals surface area contributed by atoms with E-state index in [0.717, 1.165) is 22.2 Å². The number of ether oxygens (including phenoxy) is 1. The minimum atomic E-state index is -0.247. The van der Waals surface area contributed by atoms with E-state index >= 15 is 0 Å². The lowest BCUT2D eigenvalue weighted by molar-refractivity contribution is -0.118. The van der Waals surface area contributed by atoms with Crippen LogP contribution in [0.4, 0.5) is 5.69 Å². The first-order valence-electron chi connectivity index (χ1n) is 7.43. The zero-order chi connectivity index (χ0) is 17.3. The van der Waals surface area contributed by atoms with Crippen LogP contribution < -0.4 is 10.1 Å². The number of halogens is 1. The third-order valence-electron chi connectivity index (χ3n) is 3.54. The van der Waals surface area contributed by atoms with Crippen molar-refractivity contribution in [1.82, 2.24) is 15.0 Å². The average Bonchev–Trinajstić information content (AvgIpc) is 2.89. The number of hydrogen-bond donors (Lipinski definition) is 1. The standard InChI is InChI=1S/C17H17ClN4O2/c1-10-6-13(7-11(2)17(10)18)24-9-16(23)19-12-4-5-14-15(8-12)21-22(3)20-14/h4-8H,9H2,1-3H3,(H,19,23). The number of nitrogens with one attached hydrogen (secondary N) is 1. The molecule has 0 spiro atoms. The lowest BCUT2D eigenvalue weighted by Crippen LogP contribution is -2.20. The molecule has 7 heteroatoms. The van der Waals surface area contributed by atoms with E-state index in [1.54, 1.807) is 19.2 Å². The second-order valence-corrected chi connectivity index (χ2v) is 5.98. The molecule has 0 saturated heterocycles. The van der Waals surface area contributed by atoms with Gasteiger partial charge in [-0.3, -0.25) is 4.79 Å². The molecule has 0 bridgehead atoms. The third-order valence-corrected chi connectivity index (χ3v) is 4.14. The molecule has 1 N–H and O–H groups in total. The second-order valence-electron chi connectivity index (χ2n) is 5.60. The van der Waals surface area contributed by atoms with E-state index in [4.69, 9.17) is 16.3 Å². The second kappa shape index (κ2) is 6.49. The first-order chi connectivity index (χ1) is 11.4. The fraction of sp³-hybridized carbons (Fsp3) is 0.235. The van der Waals surface area contributed by atoms with Gasteiger partial charge in [-0.15, -0.1) is 0 Å². The van der Waals surface area contributed by atoms with E-state index in [1.165, 1.54) is 4.80 Å². The first kappa shape index (κ1) is 16.3. The quantitative estimate of drug-likeness (QED) is 0.788. The molecule has 124 valence electrons. The molecule has 0 aliphatic rings. The van der Waals surface area contributed by atoms with Crippen molar-refractivity contribution in [2.45, 2.75) is 13.8 Å². The van der Waals surface area contributed by atoms with Crippen molar-refractivity contribution in [3.05, 3.63) is 46.5 Å². The number of benzene rings is 2. The summed E-state index contributed by atoms with van der Waals surface area (Å²) < 4.78 is 5.55. The van der Waals surface area contributed by atoms with Gasteiger partial charge in [-0.25, -0.2) is 0 Å². The van der Waals surface area contributed by atoms with Crippen LogP contribution in [0, 0.1) is 13.8 Å². The Balaban J connectivity index is 1.64. The van der Waals surface area contributed by atoms with Crippen LogP contribution in [-0.2, 0) is 11.8 Å². The predicted octanol–water partition coefficient (Wildman–Crippen LogP) is 3.26. The van der Waals surface area contributed by atoms with Gasteiger partial charge in [0.1, 0.15) is 16.8 Å². The number of carbonyl (C=O) groups is 1. The Labute approximate surface area is 144 Å². The molecule has 0 aliphatic carbocycles. The van der Waals surface area contributed by atoms with Crippen LogP contribution in [0.2, 0.25) is 5.02 Å². The molecule has 3 aromatic rings. The van der Waals surface area contributed by atoms with Crippen molar-refractivity contribution in [3.8, 4) is 5.75 Å². The van der Waals surface area contributed by atoms with Gasteiger partial charge in [-0.05, 0) is 55.3 Å².